The van der Waals surface area contributed by atoms with Crippen molar-refractivity contribution in [3.05, 3.63) is 0 Å². The van der Waals surface area contributed by atoms with Gasteiger partial charge in [0.25, 0.3) is 0 Å². The van der Waals surface area contributed by atoms with Crippen LogP contribution in [0.2, 0.25) is 0 Å². The Morgan fingerprint density at radius 3 is 2.37 bits per heavy atom. The molecule has 2 aliphatic rings. The average Bonchev–Trinajstić information content (AvgIpc) is 2.39. The normalized spacial score (nSPS) is 24.7. The number of rotatable bonds is 5. The quantitative estimate of drug-likeness (QED) is 0.728. The van der Waals surface area contributed by atoms with Crippen LogP contribution in [0.1, 0.15) is 12.8 Å². The highest BCUT2D eigenvalue weighted by Gasteiger charge is 2.23. The summed E-state index contributed by atoms with van der Waals surface area (Å²) in [6.07, 6.45) is 3.88. The second kappa shape index (κ2) is 6.99. The van der Waals surface area contributed by atoms with Crippen LogP contribution >= 0.6 is 0 Å². The van der Waals surface area contributed by atoms with E-state index in [1.165, 1.54) is 6.26 Å². The predicted molar refractivity (Wildman–Crippen MR) is 74.7 cm³/mol. The standard InChI is InChI=1S/C12H25N3O3S/c1-19(16,17)15-8-6-14(7-9-15)10-11-18-12-2-4-13-5-3-12/h12-13H,2-11H2,1H3. The van der Waals surface area contributed by atoms with Gasteiger partial charge in [0.1, 0.15) is 0 Å². The van der Waals surface area contributed by atoms with Gasteiger partial charge in [-0.3, -0.25) is 4.90 Å². The van der Waals surface area contributed by atoms with Crippen LogP contribution in [0.15, 0.2) is 0 Å². The van der Waals surface area contributed by atoms with Crippen LogP contribution in [0.5, 0.6) is 0 Å². The van der Waals surface area contributed by atoms with E-state index in [1.54, 1.807) is 4.31 Å². The molecule has 0 radical (unpaired) electrons. The van der Waals surface area contributed by atoms with Crippen molar-refractivity contribution in [1.29, 1.82) is 0 Å². The van der Waals surface area contributed by atoms with E-state index >= 15 is 0 Å². The number of hydrogen-bond donors (Lipinski definition) is 1. The fourth-order valence-electron chi connectivity index (χ4n) is 2.60. The van der Waals surface area contributed by atoms with Crippen molar-refractivity contribution in [2.45, 2.75) is 18.9 Å². The lowest BCUT2D eigenvalue weighted by molar-refractivity contribution is 0.0164. The summed E-state index contributed by atoms with van der Waals surface area (Å²) in [5.74, 6) is 0. The van der Waals surface area contributed by atoms with E-state index in [1.807, 2.05) is 0 Å². The zero-order valence-corrected chi connectivity index (χ0v) is 12.5. The van der Waals surface area contributed by atoms with Crippen molar-refractivity contribution >= 4 is 10.0 Å². The average molecular weight is 291 g/mol. The summed E-state index contributed by atoms with van der Waals surface area (Å²) in [4.78, 5) is 2.28. The van der Waals surface area contributed by atoms with E-state index in [4.69, 9.17) is 4.74 Å². The first kappa shape index (κ1) is 15.2. The van der Waals surface area contributed by atoms with Crippen molar-refractivity contribution in [1.82, 2.24) is 14.5 Å². The van der Waals surface area contributed by atoms with Crippen LogP contribution in [0, 0.1) is 0 Å². The van der Waals surface area contributed by atoms with Gasteiger partial charge in [0.15, 0.2) is 0 Å². The largest absolute Gasteiger partial charge is 0.377 e. The second-order valence-electron chi connectivity index (χ2n) is 5.32. The maximum absolute atomic E-state index is 11.4. The molecule has 0 aliphatic carbocycles. The fourth-order valence-corrected chi connectivity index (χ4v) is 3.42. The molecular formula is C12H25N3O3S. The molecule has 0 aromatic heterocycles. The van der Waals surface area contributed by atoms with Gasteiger partial charge in [-0.25, -0.2) is 8.42 Å². The maximum atomic E-state index is 11.4. The van der Waals surface area contributed by atoms with Gasteiger partial charge >= 0.3 is 0 Å². The molecule has 2 saturated heterocycles. The smallest absolute Gasteiger partial charge is 0.211 e. The van der Waals surface area contributed by atoms with Crippen LogP contribution < -0.4 is 5.32 Å². The topological polar surface area (TPSA) is 61.9 Å². The second-order valence-corrected chi connectivity index (χ2v) is 7.31. The van der Waals surface area contributed by atoms with Crippen molar-refractivity contribution in [2.75, 3.05) is 58.7 Å². The molecule has 2 aliphatic heterocycles. The van der Waals surface area contributed by atoms with Gasteiger partial charge in [-0.05, 0) is 25.9 Å². The van der Waals surface area contributed by atoms with E-state index in [0.717, 1.165) is 52.2 Å². The van der Waals surface area contributed by atoms with Gasteiger partial charge in [0, 0.05) is 32.7 Å². The number of piperazine rings is 1. The van der Waals surface area contributed by atoms with E-state index in [2.05, 4.69) is 10.2 Å². The van der Waals surface area contributed by atoms with Crippen molar-refractivity contribution in [3.8, 4) is 0 Å². The lowest BCUT2D eigenvalue weighted by Crippen LogP contribution is -2.49. The van der Waals surface area contributed by atoms with Gasteiger partial charge in [-0.15, -0.1) is 0 Å². The first-order valence-electron chi connectivity index (χ1n) is 7.05. The Bertz CT molecular complexity index is 360. The van der Waals surface area contributed by atoms with Crippen LogP contribution in [0.3, 0.4) is 0 Å². The number of nitrogens with zero attached hydrogens (tertiary/aromatic N) is 2. The van der Waals surface area contributed by atoms with E-state index in [0.29, 0.717) is 19.2 Å². The van der Waals surface area contributed by atoms with Gasteiger partial charge in [0.2, 0.25) is 10.0 Å². The SMILES string of the molecule is CS(=O)(=O)N1CCN(CCOC2CCNCC2)CC1. The summed E-state index contributed by atoms with van der Waals surface area (Å²) in [6, 6.07) is 0. The Balaban J connectivity index is 1.60. The van der Waals surface area contributed by atoms with E-state index in [9.17, 15) is 8.42 Å². The highest BCUT2D eigenvalue weighted by atomic mass is 32.2. The third-order valence-corrected chi connectivity index (χ3v) is 5.15. The molecule has 0 saturated carbocycles. The monoisotopic (exact) mass is 291 g/mol. The lowest BCUT2D eigenvalue weighted by atomic mass is 10.1. The van der Waals surface area contributed by atoms with Gasteiger partial charge in [-0.1, -0.05) is 0 Å². The number of hydrogen-bond acceptors (Lipinski definition) is 5. The first-order chi connectivity index (χ1) is 9.05. The van der Waals surface area contributed by atoms with Gasteiger partial charge in [-0.2, -0.15) is 4.31 Å². The Labute approximate surface area is 116 Å². The Morgan fingerprint density at radius 1 is 1.16 bits per heavy atom. The minimum Gasteiger partial charge on any atom is -0.377 e. The van der Waals surface area contributed by atoms with E-state index in [-0.39, 0.29) is 0 Å². The Morgan fingerprint density at radius 2 is 1.79 bits per heavy atom. The zero-order chi connectivity index (χ0) is 13.7. The van der Waals surface area contributed by atoms with Crippen LogP contribution in [-0.4, -0.2) is 82.4 Å². The van der Waals surface area contributed by atoms with Gasteiger partial charge < -0.3 is 10.1 Å². The predicted octanol–water partition coefficient (Wildman–Crippen LogP) is -0.668. The molecule has 6 nitrogen and oxygen atoms in total. The summed E-state index contributed by atoms with van der Waals surface area (Å²) in [7, 11) is -3.02. The Hall–Kier alpha value is -0.210. The summed E-state index contributed by atoms with van der Waals surface area (Å²) in [6.45, 7) is 6.59. The van der Waals surface area contributed by atoms with Gasteiger partial charge in [0.05, 0.1) is 19.0 Å². The minimum absolute atomic E-state index is 0.401. The molecule has 0 amide bonds. The fraction of sp³-hybridized carbons (Fsp3) is 1.00. The Kier molecular flexibility index (Phi) is 5.58. The molecule has 0 atom stereocenters. The van der Waals surface area contributed by atoms with Crippen LogP contribution in [-0.2, 0) is 14.8 Å². The molecule has 2 fully saturated rings. The molecular weight excluding hydrogens is 266 g/mol. The summed E-state index contributed by atoms with van der Waals surface area (Å²) in [5.41, 5.74) is 0. The molecule has 0 unspecified atom stereocenters. The lowest BCUT2D eigenvalue weighted by Gasteiger charge is -2.33. The van der Waals surface area contributed by atoms with E-state index < -0.39 is 10.0 Å². The molecule has 7 heteroatoms. The highest BCUT2D eigenvalue weighted by molar-refractivity contribution is 7.88. The third-order valence-electron chi connectivity index (χ3n) is 3.85. The van der Waals surface area contributed by atoms with Crippen molar-refractivity contribution in [3.63, 3.8) is 0 Å². The minimum atomic E-state index is -3.02. The molecule has 2 rings (SSSR count). The molecule has 0 bridgehead atoms. The summed E-state index contributed by atoms with van der Waals surface area (Å²) in [5, 5.41) is 3.32. The number of sulfonamides is 1. The number of ether oxygens (including phenoxy) is 1. The maximum Gasteiger partial charge on any atom is 0.211 e. The molecule has 112 valence electrons. The van der Waals surface area contributed by atoms with Crippen molar-refractivity contribution < 1.29 is 13.2 Å². The molecule has 0 aromatic carbocycles. The van der Waals surface area contributed by atoms with Crippen molar-refractivity contribution in [2.24, 2.45) is 0 Å². The van der Waals surface area contributed by atoms with Crippen LogP contribution in [0.25, 0.3) is 0 Å². The number of nitrogens with one attached hydrogen (secondary N) is 1. The molecule has 2 heterocycles. The molecule has 19 heavy (non-hydrogen) atoms. The third kappa shape index (κ3) is 5.00. The summed E-state index contributed by atoms with van der Waals surface area (Å²) < 4.78 is 30.2. The van der Waals surface area contributed by atoms with Crippen LogP contribution in [0.4, 0.5) is 0 Å². The highest BCUT2D eigenvalue weighted by Crippen LogP contribution is 2.08. The summed E-state index contributed by atoms with van der Waals surface area (Å²) >= 11 is 0. The molecule has 1 N–H and O–H groups in total. The zero-order valence-electron chi connectivity index (χ0n) is 11.7. The number of piperidine rings is 1. The first-order valence-corrected chi connectivity index (χ1v) is 8.90. The molecule has 0 aromatic rings. The molecule has 0 spiro atoms.